The summed E-state index contributed by atoms with van der Waals surface area (Å²) in [5.41, 5.74) is 3.99. The van der Waals surface area contributed by atoms with Gasteiger partial charge >= 0.3 is 5.69 Å². The zero-order chi connectivity index (χ0) is 19.6. The van der Waals surface area contributed by atoms with Crippen LogP contribution in [0.15, 0.2) is 42.7 Å². The Morgan fingerprint density at radius 2 is 1.67 bits per heavy atom. The van der Waals surface area contributed by atoms with E-state index in [9.17, 15) is 10.1 Å². The molecule has 0 unspecified atom stereocenters. The van der Waals surface area contributed by atoms with Crippen LogP contribution in [-0.2, 0) is 0 Å². The number of aromatic nitrogens is 2. The van der Waals surface area contributed by atoms with Gasteiger partial charge in [-0.2, -0.15) is 0 Å². The van der Waals surface area contributed by atoms with Crippen LogP contribution < -0.4 is 10.6 Å². The van der Waals surface area contributed by atoms with Gasteiger partial charge in [0.2, 0.25) is 11.6 Å². The maximum absolute atomic E-state index is 11.7. The van der Waals surface area contributed by atoms with Gasteiger partial charge in [0.05, 0.1) is 4.92 Å². The average molecular weight is 384 g/mol. The van der Waals surface area contributed by atoms with E-state index >= 15 is 0 Å². The summed E-state index contributed by atoms with van der Waals surface area (Å²) in [5, 5.41) is 18.3. The first-order valence-electron chi connectivity index (χ1n) is 8.22. The van der Waals surface area contributed by atoms with Crippen molar-refractivity contribution in [3.63, 3.8) is 0 Å². The second-order valence-electron chi connectivity index (χ2n) is 6.16. The third kappa shape index (κ3) is 3.98. The van der Waals surface area contributed by atoms with Crippen molar-refractivity contribution in [2.75, 3.05) is 10.6 Å². The zero-order valence-electron chi connectivity index (χ0n) is 15.1. The molecule has 3 rings (SSSR count). The molecule has 1 heterocycles. The molecule has 3 aromatic rings. The van der Waals surface area contributed by atoms with E-state index in [1.54, 1.807) is 18.2 Å². The summed E-state index contributed by atoms with van der Waals surface area (Å²) in [7, 11) is 0. The van der Waals surface area contributed by atoms with Gasteiger partial charge < -0.3 is 10.6 Å². The highest BCUT2D eigenvalue weighted by atomic mass is 35.5. The van der Waals surface area contributed by atoms with Crippen molar-refractivity contribution in [2.24, 2.45) is 0 Å². The van der Waals surface area contributed by atoms with Gasteiger partial charge in [-0.3, -0.25) is 10.1 Å². The fraction of sp³-hybridized carbons (Fsp3) is 0.158. The minimum atomic E-state index is -0.506. The number of nitro groups is 1. The molecule has 0 fully saturated rings. The first-order valence-corrected chi connectivity index (χ1v) is 8.60. The monoisotopic (exact) mass is 383 g/mol. The van der Waals surface area contributed by atoms with Crippen LogP contribution in [0.2, 0.25) is 5.02 Å². The Labute approximate surface area is 161 Å². The number of hydrogen-bond donors (Lipinski definition) is 2. The van der Waals surface area contributed by atoms with Gasteiger partial charge in [0.15, 0.2) is 0 Å². The van der Waals surface area contributed by atoms with Crippen LogP contribution in [0.3, 0.4) is 0 Å². The molecule has 138 valence electrons. The summed E-state index contributed by atoms with van der Waals surface area (Å²) >= 11 is 6.13. The molecular weight excluding hydrogens is 366 g/mol. The van der Waals surface area contributed by atoms with Crippen molar-refractivity contribution in [1.82, 2.24) is 9.97 Å². The fourth-order valence-corrected chi connectivity index (χ4v) is 2.86. The summed E-state index contributed by atoms with van der Waals surface area (Å²) in [5.74, 6) is 0.205. The Morgan fingerprint density at radius 3 is 2.30 bits per heavy atom. The van der Waals surface area contributed by atoms with Crippen LogP contribution >= 0.6 is 11.6 Å². The van der Waals surface area contributed by atoms with E-state index in [0.717, 1.165) is 22.4 Å². The SMILES string of the molecule is Cc1ccc(Nc2ncnc(Nc3cccc(Cl)c3C)c2[N+](=O)[O-])c(C)c1. The average Bonchev–Trinajstić information content (AvgIpc) is 2.61. The van der Waals surface area contributed by atoms with Crippen molar-refractivity contribution in [2.45, 2.75) is 20.8 Å². The summed E-state index contributed by atoms with van der Waals surface area (Å²) in [4.78, 5) is 19.4. The zero-order valence-corrected chi connectivity index (χ0v) is 15.8. The summed E-state index contributed by atoms with van der Waals surface area (Å²) in [6.07, 6.45) is 1.28. The molecule has 0 saturated carbocycles. The second kappa shape index (κ2) is 7.59. The summed E-state index contributed by atoms with van der Waals surface area (Å²) in [6.45, 7) is 5.74. The molecule has 7 nitrogen and oxygen atoms in total. The van der Waals surface area contributed by atoms with Gasteiger partial charge in [-0.15, -0.1) is 0 Å². The van der Waals surface area contributed by atoms with Crippen molar-refractivity contribution >= 4 is 40.3 Å². The third-order valence-corrected chi connectivity index (χ3v) is 4.57. The molecule has 0 aliphatic rings. The molecule has 0 atom stereocenters. The normalized spacial score (nSPS) is 10.5. The Morgan fingerprint density at radius 1 is 1.00 bits per heavy atom. The predicted octanol–water partition coefficient (Wildman–Crippen LogP) is 5.45. The van der Waals surface area contributed by atoms with E-state index < -0.39 is 4.92 Å². The molecule has 0 spiro atoms. The molecular formula is C19H18ClN5O2. The largest absolute Gasteiger partial charge is 0.353 e. The number of aryl methyl sites for hydroxylation is 2. The molecule has 0 aliphatic carbocycles. The number of hydrogen-bond acceptors (Lipinski definition) is 6. The molecule has 0 bridgehead atoms. The standard InChI is InChI=1S/C19H18ClN5O2/c1-11-7-8-15(12(2)9-11)23-18-17(25(26)27)19(22-10-21-18)24-16-6-4-5-14(20)13(16)3/h4-10H,1-3H3,(H2,21,22,23,24). The molecule has 2 aromatic carbocycles. The summed E-state index contributed by atoms with van der Waals surface area (Å²) < 4.78 is 0. The quantitative estimate of drug-likeness (QED) is 0.449. The first kappa shape index (κ1) is 18.6. The Bertz CT molecular complexity index is 1020. The van der Waals surface area contributed by atoms with Gasteiger partial charge in [-0.05, 0) is 50.1 Å². The van der Waals surface area contributed by atoms with Crippen LogP contribution in [0.25, 0.3) is 0 Å². The van der Waals surface area contributed by atoms with Gasteiger partial charge in [0.25, 0.3) is 0 Å². The van der Waals surface area contributed by atoms with Crippen molar-refractivity contribution in [1.29, 1.82) is 0 Å². The van der Waals surface area contributed by atoms with Crippen LogP contribution in [0, 0.1) is 30.9 Å². The second-order valence-corrected chi connectivity index (χ2v) is 6.56. The van der Waals surface area contributed by atoms with Gasteiger partial charge in [-0.1, -0.05) is 35.4 Å². The lowest BCUT2D eigenvalue weighted by Crippen LogP contribution is -2.06. The minimum absolute atomic E-state index is 0.0904. The minimum Gasteiger partial charge on any atom is -0.334 e. The Balaban J connectivity index is 2.02. The van der Waals surface area contributed by atoms with Gasteiger partial charge in [-0.25, -0.2) is 9.97 Å². The smallest absolute Gasteiger partial charge is 0.334 e. The molecule has 27 heavy (non-hydrogen) atoms. The van der Waals surface area contributed by atoms with Crippen molar-refractivity contribution in [3.05, 3.63) is 74.6 Å². The molecule has 0 radical (unpaired) electrons. The highest BCUT2D eigenvalue weighted by Crippen LogP contribution is 2.35. The number of nitrogens with one attached hydrogen (secondary N) is 2. The van der Waals surface area contributed by atoms with Crippen molar-refractivity contribution < 1.29 is 4.92 Å². The molecule has 0 aliphatic heterocycles. The molecule has 8 heteroatoms. The number of rotatable bonds is 5. The lowest BCUT2D eigenvalue weighted by atomic mass is 10.1. The van der Waals surface area contributed by atoms with E-state index in [4.69, 9.17) is 11.6 Å². The van der Waals surface area contributed by atoms with E-state index in [2.05, 4.69) is 20.6 Å². The van der Waals surface area contributed by atoms with E-state index in [1.165, 1.54) is 6.33 Å². The summed E-state index contributed by atoms with van der Waals surface area (Å²) in [6, 6.07) is 11.1. The van der Waals surface area contributed by atoms with Gasteiger partial charge in [0.1, 0.15) is 6.33 Å². The van der Waals surface area contributed by atoms with Crippen LogP contribution in [-0.4, -0.2) is 14.9 Å². The number of nitrogens with zero attached hydrogens (tertiary/aromatic N) is 3. The van der Waals surface area contributed by atoms with Crippen LogP contribution in [0.4, 0.5) is 28.7 Å². The Hall–Kier alpha value is -3.19. The molecule has 2 N–H and O–H groups in total. The number of benzene rings is 2. The number of halogens is 1. The third-order valence-electron chi connectivity index (χ3n) is 4.16. The Kier molecular flexibility index (Phi) is 5.23. The maximum atomic E-state index is 11.7. The predicted molar refractivity (Wildman–Crippen MR) is 107 cm³/mol. The fourth-order valence-electron chi connectivity index (χ4n) is 2.69. The molecule has 1 aromatic heterocycles. The highest BCUT2D eigenvalue weighted by Gasteiger charge is 2.24. The molecule has 0 amide bonds. The van der Waals surface area contributed by atoms with E-state index in [1.807, 2.05) is 39.0 Å². The lowest BCUT2D eigenvalue weighted by molar-refractivity contribution is -0.383. The van der Waals surface area contributed by atoms with Crippen LogP contribution in [0.5, 0.6) is 0 Å². The lowest BCUT2D eigenvalue weighted by Gasteiger charge is -2.13. The highest BCUT2D eigenvalue weighted by molar-refractivity contribution is 6.31. The first-order chi connectivity index (χ1) is 12.9. The van der Waals surface area contributed by atoms with Crippen LogP contribution in [0.1, 0.15) is 16.7 Å². The maximum Gasteiger partial charge on any atom is 0.353 e. The topological polar surface area (TPSA) is 93.0 Å². The van der Waals surface area contributed by atoms with Gasteiger partial charge in [0, 0.05) is 16.4 Å². The number of anilines is 4. The van der Waals surface area contributed by atoms with Crippen molar-refractivity contribution in [3.8, 4) is 0 Å². The van der Waals surface area contributed by atoms with E-state index in [0.29, 0.717) is 10.7 Å². The van der Waals surface area contributed by atoms with E-state index in [-0.39, 0.29) is 17.3 Å². The molecule has 0 saturated heterocycles.